The zero-order chi connectivity index (χ0) is 31.8. The molecule has 2 amide bonds. The highest BCUT2D eigenvalue weighted by molar-refractivity contribution is 5.97. The van der Waals surface area contributed by atoms with Crippen LogP contribution >= 0.6 is 0 Å². The predicted octanol–water partition coefficient (Wildman–Crippen LogP) is 5.55. The number of benzene rings is 2. The molecular weight excluding hydrogens is 562 g/mol. The summed E-state index contributed by atoms with van der Waals surface area (Å²) in [7, 11) is 0. The number of nitrogens with one attached hydrogen (secondary N) is 1. The summed E-state index contributed by atoms with van der Waals surface area (Å²) in [5, 5.41) is 14.7. The number of aliphatic hydroxyl groups excluding tert-OH is 1. The minimum Gasteiger partial charge on any atom is -0.391 e. The van der Waals surface area contributed by atoms with Crippen molar-refractivity contribution in [2.45, 2.75) is 65.3 Å². The number of carbonyl (C=O) groups excluding carboxylic acids is 2. The molecule has 0 aliphatic heterocycles. The van der Waals surface area contributed by atoms with E-state index in [1.54, 1.807) is 24.0 Å². The molecule has 4 N–H and O–H groups in total. The third-order valence-electron chi connectivity index (χ3n) is 7.77. The standard InChI is InChI=1S/C33H41F4N3O3/c1-4-11-40(12-5-2)30(42)25-13-22(3)18-32(19-25,31(38)43)28(29(41)21-39-20-23-9-7-6-8-10-23)16-24-14-26(33(35,36)37)17-27(34)15-24/h6-10,13-15,17-18,28-29,39,41H,4-5,11-12,16,19-21H2,1-3H3,(H2,38,43)/t28-,29+,32?/m1/s1. The van der Waals surface area contributed by atoms with Crippen molar-refractivity contribution in [2.24, 2.45) is 17.1 Å². The van der Waals surface area contributed by atoms with Gasteiger partial charge in [0, 0.05) is 37.7 Å². The second kappa shape index (κ2) is 14.8. The fraction of sp³-hybridized carbons (Fsp3) is 0.455. The van der Waals surface area contributed by atoms with Gasteiger partial charge in [0.05, 0.1) is 17.1 Å². The van der Waals surface area contributed by atoms with Crippen LogP contribution in [0.25, 0.3) is 0 Å². The van der Waals surface area contributed by atoms with Crippen LogP contribution in [0.3, 0.4) is 0 Å². The van der Waals surface area contributed by atoms with Gasteiger partial charge in [-0.3, -0.25) is 9.59 Å². The van der Waals surface area contributed by atoms with Crippen molar-refractivity contribution in [3.63, 3.8) is 0 Å². The van der Waals surface area contributed by atoms with E-state index >= 15 is 0 Å². The van der Waals surface area contributed by atoms with Crippen LogP contribution in [0.1, 0.15) is 56.7 Å². The molecule has 2 aromatic carbocycles. The van der Waals surface area contributed by atoms with Crippen molar-refractivity contribution in [3.05, 3.63) is 94.3 Å². The Hall–Kier alpha value is -3.50. The molecule has 0 bridgehead atoms. The Balaban J connectivity index is 2.04. The number of primary amides is 1. The molecule has 1 unspecified atom stereocenters. The molecule has 1 aliphatic carbocycles. The summed E-state index contributed by atoms with van der Waals surface area (Å²) in [4.78, 5) is 28.7. The smallest absolute Gasteiger partial charge is 0.391 e. The van der Waals surface area contributed by atoms with Crippen LogP contribution in [0.2, 0.25) is 0 Å². The van der Waals surface area contributed by atoms with Crippen molar-refractivity contribution in [1.82, 2.24) is 10.2 Å². The van der Waals surface area contributed by atoms with Crippen LogP contribution in [0, 0.1) is 17.2 Å². The summed E-state index contributed by atoms with van der Waals surface area (Å²) in [6, 6.07) is 11.6. The average Bonchev–Trinajstić information content (AvgIpc) is 2.94. The molecule has 2 aromatic rings. The molecule has 3 rings (SSSR count). The van der Waals surface area contributed by atoms with Gasteiger partial charge in [-0.05, 0) is 61.9 Å². The first kappa shape index (κ1) is 34.0. The molecule has 6 nitrogen and oxygen atoms in total. The lowest BCUT2D eigenvalue weighted by Crippen LogP contribution is -2.51. The molecule has 0 radical (unpaired) electrons. The normalized spacial score (nSPS) is 18.4. The van der Waals surface area contributed by atoms with E-state index in [4.69, 9.17) is 5.73 Å². The largest absolute Gasteiger partial charge is 0.416 e. The third kappa shape index (κ3) is 8.76. The van der Waals surface area contributed by atoms with Gasteiger partial charge in [0.25, 0.3) is 0 Å². The number of halogens is 4. The molecule has 0 saturated carbocycles. The van der Waals surface area contributed by atoms with Gasteiger partial charge in [-0.25, -0.2) is 4.39 Å². The van der Waals surface area contributed by atoms with E-state index in [0.29, 0.717) is 36.8 Å². The third-order valence-corrected chi connectivity index (χ3v) is 7.77. The first-order chi connectivity index (χ1) is 20.3. The monoisotopic (exact) mass is 603 g/mol. The molecule has 10 heteroatoms. The van der Waals surface area contributed by atoms with Crippen LogP contribution < -0.4 is 11.1 Å². The maximum Gasteiger partial charge on any atom is 0.416 e. The van der Waals surface area contributed by atoms with Gasteiger partial charge in [-0.1, -0.05) is 61.9 Å². The van der Waals surface area contributed by atoms with E-state index in [-0.39, 0.29) is 30.9 Å². The fourth-order valence-corrected chi connectivity index (χ4v) is 5.86. The van der Waals surface area contributed by atoms with Crippen LogP contribution in [-0.4, -0.2) is 47.6 Å². The van der Waals surface area contributed by atoms with Crippen molar-refractivity contribution < 1.29 is 32.3 Å². The number of amides is 2. The number of nitrogens with zero attached hydrogens (tertiary/aromatic N) is 1. The average molecular weight is 604 g/mol. The van der Waals surface area contributed by atoms with Gasteiger partial charge in [-0.15, -0.1) is 0 Å². The molecule has 0 fully saturated rings. The highest BCUT2D eigenvalue weighted by Crippen LogP contribution is 2.45. The summed E-state index contributed by atoms with van der Waals surface area (Å²) in [6.45, 7) is 6.97. The van der Waals surface area contributed by atoms with Gasteiger partial charge < -0.3 is 21.1 Å². The SMILES string of the molecule is CCCN(CCC)C(=O)C1=CC(C)=CC(C(N)=O)([C@H](Cc2cc(F)cc(C(F)(F)F)c2)[C@@H](O)CNCc2ccccc2)C1. The van der Waals surface area contributed by atoms with E-state index in [1.165, 1.54) is 0 Å². The number of rotatable bonds is 14. The van der Waals surface area contributed by atoms with Crippen molar-refractivity contribution in [2.75, 3.05) is 19.6 Å². The Kier molecular flexibility index (Phi) is 11.7. The van der Waals surface area contributed by atoms with E-state index in [1.807, 2.05) is 44.2 Å². The number of aliphatic hydroxyl groups is 1. The molecule has 0 saturated heterocycles. The lowest BCUT2D eigenvalue weighted by Gasteiger charge is -2.42. The summed E-state index contributed by atoms with van der Waals surface area (Å²) < 4.78 is 55.1. The Morgan fingerprint density at radius 2 is 1.72 bits per heavy atom. The van der Waals surface area contributed by atoms with Gasteiger partial charge in [0.1, 0.15) is 5.82 Å². The van der Waals surface area contributed by atoms with Crippen molar-refractivity contribution in [1.29, 1.82) is 0 Å². The van der Waals surface area contributed by atoms with E-state index in [0.717, 1.165) is 30.5 Å². The van der Waals surface area contributed by atoms with Crippen molar-refractivity contribution in [3.8, 4) is 0 Å². The fourth-order valence-electron chi connectivity index (χ4n) is 5.86. The minimum absolute atomic E-state index is 0.0340. The summed E-state index contributed by atoms with van der Waals surface area (Å²) >= 11 is 0. The minimum atomic E-state index is -4.80. The highest BCUT2D eigenvalue weighted by atomic mass is 19.4. The molecule has 1 aliphatic rings. The Morgan fingerprint density at radius 3 is 2.30 bits per heavy atom. The summed E-state index contributed by atoms with van der Waals surface area (Å²) in [5.74, 6) is -3.27. The second-order valence-electron chi connectivity index (χ2n) is 11.3. The van der Waals surface area contributed by atoms with Gasteiger partial charge in [-0.2, -0.15) is 13.2 Å². The zero-order valence-electron chi connectivity index (χ0n) is 24.9. The number of carbonyl (C=O) groups is 2. The molecule has 43 heavy (non-hydrogen) atoms. The highest BCUT2D eigenvalue weighted by Gasteiger charge is 2.48. The van der Waals surface area contributed by atoms with Crippen LogP contribution in [0.5, 0.6) is 0 Å². The van der Waals surface area contributed by atoms with Crippen molar-refractivity contribution >= 4 is 11.8 Å². The molecule has 234 valence electrons. The molecular formula is C33H41F4N3O3. The number of hydrogen-bond acceptors (Lipinski definition) is 4. The topological polar surface area (TPSA) is 95.7 Å². The molecule has 0 aromatic heterocycles. The Morgan fingerprint density at radius 1 is 1.07 bits per heavy atom. The molecule has 3 atom stereocenters. The maximum absolute atomic E-state index is 14.4. The Bertz CT molecular complexity index is 1320. The zero-order valence-corrected chi connectivity index (χ0v) is 24.9. The van der Waals surface area contributed by atoms with Crippen LogP contribution in [0.15, 0.2) is 71.8 Å². The predicted molar refractivity (Wildman–Crippen MR) is 158 cm³/mol. The van der Waals surface area contributed by atoms with Crippen LogP contribution in [-0.2, 0) is 28.7 Å². The number of nitrogens with two attached hydrogens (primary N) is 1. The quantitative estimate of drug-likeness (QED) is 0.247. The van der Waals surface area contributed by atoms with Gasteiger partial charge in [0.15, 0.2) is 0 Å². The lowest BCUT2D eigenvalue weighted by atomic mass is 9.63. The summed E-state index contributed by atoms with van der Waals surface area (Å²) in [5.41, 5.74) is 5.01. The first-order valence-electron chi connectivity index (χ1n) is 14.6. The Labute approximate surface area is 250 Å². The first-order valence-corrected chi connectivity index (χ1v) is 14.6. The van der Waals surface area contributed by atoms with Crippen LogP contribution in [0.4, 0.5) is 17.6 Å². The van der Waals surface area contributed by atoms with E-state index in [9.17, 15) is 32.3 Å². The van der Waals surface area contributed by atoms with E-state index < -0.39 is 40.9 Å². The molecule has 0 spiro atoms. The summed E-state index contributed by atoms with van der Waals surface area (Å²) in [6.07, 6.45) is -1.81. The second-order valence-corrected chi connectivity index (χ2v) is 11.3. The maximum atomic E-state index is 14.4. The van der Waals surface area contributed by atoms with Gasteiger partial charge >= 0.3 is 6.18 Å². The van der Waals surface area contributed by atoms with E-state index in [2.05, 4.69) is 5.32 Å². The number of allylic oxidation sites excluding steroid dienone is 2. The number of alkyl halides is 3. The number of hydrogen-bond donors (Lipinski definition) is 3. The molecule has 0 heterocycles. The lowest BCUT2D eigenvalue weighted by molar-refractivity contribution is -0.138. The van der Waals surface area contributed by atoms with Gasteiger partial charge in [0.2, 0.25) is 11.8 Å².